The van der Waals surface area contributed by atoms with Gasteiger partial charge >= 0.3 is 32.3 Å². The fourth-order valence-corrected chi connectivity index (χ4v) is 2.92. The van der Waals surface area contributed by atoms with E-state index in [0.29, 0.717) is 0 Å². The number of hydrogen-bond acceptors (Lipinski definition) is 4. The molecule has 5 heteroatoms. The van der Waals surface area contributed by atoms with Crippen LogP contribution < -0.4 is 0 Å². The van der Waals surface area contributed by atoms with E-state index in [9.17, 15) is 9.59 Å². The molecule has 17 heavy (non-hydrogen) atoms. The zero-order valence-electron chi connectivity index (χ0n) is 10.5. The predicted molar refractivity (Wildman–Crippen MR) is 66.9 cm³/mol. The zero-order valence-corrected chi connectivity index (χ0v) is 11.9. The molecule has 0 rings (SSSR count). The van der Waals surface area contributed by atoms with Gasteiger partial charge in [0.2, 0.25) is 0 Å². The molecule has 0 amide bonds. The first-order chi connectivity index (χ1) is 7.99. The Morgan fingerprint density at radius 2 is 1.41 bits per heavy atom. The van der Waals surface area contributed by atoms with Crippen LogP contribution in [0.3, 0.4) is 0 Å². The molecule has 0 aromatic rings. The Bertz CT molecular complexity index is 260. The fourth-order valence-electron chi connectivity index (χ4n) is 1.30. The summed E-state index contributed by atoms with van der Waals surface area (Å²) < 4.78 is 11.8. The van der Waals surface area contributed by atoms with Crippen LogP contribution in [0.4, 0.5) is 0 Å². The van der Waals surface area contributed by atoms with Gasteiger partial charge in [0.25, 0.3) is 0 Å². The van der Waals surface area contributed by atoms with Crippen LogP contribution >= 0.6 is 0 Å². The minimum absolute atomic E-state index is 0.0885. The van der Waals surface area contributed by atoms with Crippen LogP contribution in [0.1, 0.15) is 13.8 Å². The lowest BCUT2D eigenvalue weighted by molar-refractivity contribution is -0.141. The molecule has 0 spiro atoms. The van der Waals surface area contributed by atoms with E-state index in [1.165, 1.54) is 0 Å². The van der Waals surface area contributed by atoms with Gasteiger partial charge in [-0.05, 0) is 13.8 Å². The summed E-state index contributed by atoms with van der Waals surface area (Å²) in [6.07, 6.45) is 2.14. The average Bonchev–Trinajstić information content (AvgIpc) is 2.28. The van der Waals surface area contributed by atoms with E-state index in [-0.39, 0.29) is 12.2 Å². The summed E-state index contributed by atoms with van der Waals surface area (Å²) in [7, 11) is 0. The van der Waals surface area contributed by atoms with Crippen molar-refractivity contribution in [2.45, 2.75) is 35.2 Å². The van der Waals surface area contributed by atoms with Crippen LogP contribution in [0, 0.1) is 0 Å². The molecular formula is C12H18MgO4. The molecule has 0 aliphatic carbocycles. The highest BCUT2D eigenvalue weighted by Gasteiger charge is 2.12. The molecule has 0 N–H and O–H groups in total. The first-order valence-electron chi connectivity index (χ1n) is 5.65. The zero-order chi connectivity index (χ0) is 13.3. The van der Waals surface area contributed by atoms with E-state index < -0.39 is 32.3 Å². The van der Waals surface area contributed by atoms with Crippen LogP contribution in [0.15, 0.2) is 25.3 Å². The van der Waals surface area contributed by atoms with Crippen LogP contribution in [0.5, 0.6) is 0 Å². The second-order valence-corrected chi connectivity index (χ2v) is 5.70. The van der Waals surface area contributed by atoms with Crippen molar-refractivity contribution in [1.29, 1.82) is 0 Å². The lowest BCUT2D eigenvalue weighted by Gasteiger charge is -2.14. The lowest BCUT2D eigenvalue weighted by atomic mass is 10.4. The Hall–Kier alpha value is -0.814. The summed E-state index contributed by atoms with van der Waals surface area (Å²) >= 11 is -0.408. The van der Waals surface area contributed by atoms with Crippen molar-refractivity contribution in [2.75, 3.05) is 0 Å². The summed E-state index contributed by atoms with van der Waals surface area (Å²) in [5.74, 6) is -0.782. The first kappa shape index (κ1) is 16.2. The van der Waals surface area contributed by atoms with E-state index in [0.717, 1.165) is 21.3 Å². The van der Waals surface area contributed by atoms with Gasteiger partial charge in [0.1, 0.15) is 0 Å². The van der Waals surface area contributed by atoms with Crippen molar-refractivity contribution < 1.29 is 19.1 Å². The molecule has 0 aromatic heterocycles. The molecule has 0 aliphatic heterocycles. The highest BCUT2D eigenvalue weighted by atomic mass is 24.5. The van der Waals surface area contributed by atoms with Crippen molar-refractivity contribution in [1.82, 2.24) is 0 Å². The normalized spacial score (nSPS) is 12.8. The van der Waals surface area contributed by atoms with Gasteiger partial charge in [0.05, 0.1) is 12.2 Å². The SMILES string of the molecule is C=CC(=O)OC(C)[CH2][Mg][CH2]C(C)OC(=O)C=C. The van der Waals surface area contributed by atoms with Gasteiger partial charge in [-0.15, -0.1) is 9.10 Å². The average molecular weight is 251 g/mol. The lowest BCUT2D eigenvalue weighted by Crippen LogP contribution is -2.19. The van der Waals surface area contributed by atoms with E-state index in [4.69, 9.17) is 9.47 Å². The molecule has 4 nitrogen and oxygen atoms in total. The molecule has 2 atom stereocenters. The number of ether oxygens (including phenoxy) is 2. The molecule has 92 valence electrons. The summed E-state index contributed by atoms with van der Waals surface area (Å²) in [4.78, 5) is 21.8. The summed E-state index contributed by atoms with van der Waals surface area (Å²) in [5, 5.41) is 0. The van der Waals surface area contributed by atoms with Crippen molar-refractivity contribution in [2.24, 2.45) is 0 Å². The van der Waals surface area contributed by atoms with Gasteiger partial charge in [-0.1, -0.05) is 13.2 Å². The van der Waals surface area contributed by atoms with Crippen molar-refractivity contribution >= 4 is 32.3 Å². The minimum atomic E-state index is -0.408. The maximum Gasteiger partial charge on any atom is 0.375 e. The first-order valence-corrected chi connectivity index (χ1v) is 7.65. The maximum absolute atomic E-state index is 10.9. The summed E-state index contributed by atoms with van der Waals surface area (Å²) in [6.45, 7) is 10.4. The van der Waals surface area contributed by atoms with E-state index in [1.807, 2.05) is 13.8 Å². The van der Waals surface area contributed by atoms with Crippen LogP contribution in [0.25, 0.3) is 0 Å². The van der Waals surface area contributed by atoms with Crippen molar-refractivity contribution in [3.63, 3.8) is 0 Å². The fraction of sp³-hybridized carbons (Fsp3) is 0.500. The number of carbonyl (C=O) groups excluding carboxylic acids is 2. The summed E-state index contributed by atoms with van der Waals surface area (Å²) in [5.41, 5.74) is 0. The molecule has 0 aromatic carbocycles. The van der Waals surface area contributed by atoms with Gasteiger partial charge < -0.3 is 9.47 Å². The predicted octanol–water partition coefficient (Wildman–Crippen LogP) is 1.76. The topological polar surface area (TPSA) is 52.6 Å². The molecule has 0 radical (unpaired) electrons. The van der Waals surface area contributed by atoms with Gasteiger partial charge in [-0.2, -0.15) is 0 Å². The monoisotopic (exact) mass is 250 g/mol. The maximum atomic E-state index is 10.9. The summed E-state index contributed by atoms with van der Waals surface area (Å²) in [6, 6.07) is 0. The number of hydrogen-bond donors (Lipinski definition) is 0. The Kier molecular flexibility index (Phi) is 8.80. The third-order valence-electron chi connectivity index (χ3n) is 2.19. The van der Waals surface area contributed by atoms with Crippen LogP contribution in [0.2, 0.25) is 9.10 Å². The number of rotatable bonds is 8. The molecule has 0 saturated carbocycles. The van der Waals surface area contributed by atoms with Gasteiger partial charge in [0.15, 0.2) is 0 Å². The molecular weight excluding hydrogens is 232 g/mol. The second kappa shape index (κ2) is 9.24. The number of carbonyl (C=O) groups is 2. The Morgan fingerprint density at radius 1 is 1.06 bits per heavy atom. The smallest absolute Gasteiger partial charge is 0.375 e. The van der Waals surface area contributed by atoms with Crippen LogP contribution in [-0.2, 0) is 19.1 Å². The highest BCUT2D eigenvalue weighted by molar-refractivity contribution is 6.35. The Labute approximate surface area is 112 Å². The standard InChI is InChI=1S/2C6H9O2.Mg/c2*1-4-6(7)8-5(2)3;/h2*4-5H,1-2H2,3H3;. The Morgan fingerprint density at radius 3 is 1.71 bits per heavy atom. The van der Waals surface area contributed by atoms with E-state index >= 15 is 0 Å². The van der Waals surface area contributed by atoms with Gasteiger partial charge in [-0.25, -0.2) is 9.59 Å². The molecule has 0 bridgehead atoms. The molecule has 0 heterocycles. The van der Waals surface area contributed by atoms with Crippen LogP contribution in [-0.4, -0.2) is 44.5 Å². The van der Waals surface area contributed by atoms with Gasteiger partial charge in [0, 0.05) is 12.2 Å². The third kappa shape index (κ3) is 8.94. The molecule has 0 aliphatic rings. The molecule has 0 saturated heterocycles. The van der Waals surface area contributed by atoms with Crippen molar-refractivity contribution in [3.8, 4) is 0 Å². The number of esters is 2. The third-order valence-corrected chi connectivity index (χ3v) is 4.63. The quantitative estimate of drug-likeness (QED) is 0.374. The minimum Gasteiger partial charge on any atom is -0.462 e. The van der Waals surface area contributed by atoms with Gasteiger partial charge in [-0.3, -0.25) is 0 Å². The second-order valence-electron chi connectivity index (χ2n) is 3.83. The largest absolute Gasteiger partial charge is 0.462 e. The Balaban J connectivity index is 3.68. The molecule has 0 fully saturated rings. The van der Waals surface area contributed by atoms with E-state index in [2.05, 4.69) is 13.2 Å². The van der Waals surface area contributed by atoms with E-state index in [1.54, 1.807) is 0 Å². The highest BCUT2D eigenvalue weighted by Crippen LogP contribution is 2.04. The van der Waals surface area contributed by atoms with Crippen molar-refractivity contribution in [3.05, 3.63) is 25.3 Å². The molecule has 2 unspecified atom stereocenters.